The molecule has 3 aromatic rings. The zero-order valence-electron chi connectivity index (χ0n) is 16.4. The molecule has 0 radical (unpaired) electrons. The van der Waals surface area contributed by atoms with E-state index in [0.717, 1.165) is 31.1 Å². The lowest BCUT2D eigenvalue weighted by molar-refractivity contribution is -0.152. The standard InChI is InChI=1S/C22H21ClFN3O3/c1-29-21(28)16-11-6-8-12(9-7-11)18(16)25-20-17(24)19(26-22(23)27-20)15-10-13-4-2-3-5-14(13)30-15/h2-5,10-12,16,18H,6-9H2,1H3,(H,25,26,27). The number of fused-ring (bicyclic) bond motifs is 4. The molecule has 2 atom stereocenters. The molecule has 2 unspecified atom stereocenters. The largest absolute Gasteiger partial charge is 0.469 e. The minimum absolute atomic E-state index is 0.00992. The topological polar surface area (TPSA) is 77.2 Å². The number of hydrogen-bond acceptors (Lipinski definition) is 6. The Morgan fingerprint density at radius 3 is 2.67 bits per heavy atom. The number of para-hydroxylation sites is 1. The van der Waals surface area contributed by atoms with Gasteiger partial charge < -0.3 is 14.5 Å². The highest BCUT2D eigenvalue weighted by molar-refractivity contribution is 6.28. The molecule has 2 bridgehead atoms. The minimum Gasteiger partial charge on any atom is -0.469 e. The number of ether oxygens (including phenoxy) is 1. The average Bonchev–Trinajstić information content (AvgIpc) is 3.20. The molecule has 6 nitrogen and oxygen atoms in total. The Morgan fingerprint density at radius 1 is 1.20 bits per heavy atom. The second-order valence-electron chi connectivity index (χ2n) is 8.05. The quantitative estimate of drug-likeness (QED) is 0.460. The van der Waals surface area contributed by atoms with Crippen molar-refractivity contribution in [3.63, 3.8) is 0 Å². The molecule has 30 heavy (non-hydrogen) atoms. The lowest BCUT2D eigenvalue weighted by Crippen LogP contribution is -2.52. The monoisotopic (exact) mass is 429 g/mol. The van der Waals surface area contributed by atoms with Gasteiger partial charge in [0.05, 0.1) is 13.0 Å². The molecule has 0 saturated heterocycles. The molecule has 3 fully saturated rings. The molecule has 3 saturated carbocycles. The van der Waals surface area contributed by atoms with E-state index in [0.29, 0.717) is 5.58 Å². The molecule has 0 spiro atoms. The van der Waals surface area contributed by atoms with Crippen LogP contribution in [0.3, 0.4) is 0 Å². The van der Waals surface area contributed by atoms with Gasteiger partial charge in [-0.2, -0.15) is 4.98 Å². The van der Waals surface area contributed by atoms with Crippen molar-refractivity contribution in [2.45, 2.75) is 31.7 Å². The third-order valence-corrected chi connectivity index (χ3v) is 6.65. The van der Waals surface area contributed by atoms with Crippen LogP contribution in [0.1, 0.15) is 25.7 Å². The van der Waals surface area contributed by atoms with Crippen LogP contribution in [0.25, 0.3) is 22.4 Å². The van der Waals surface area contributed by atoms with Crippen LogP contribution in [0.2, 0.25) is 5.28 Å². The van der Waals surface area contributed by atoms with Crippen molar-refractivity contribution in [3.05, 3.63) is 41.4 Å². The zero-order chi connectivity index (χ0) is 20.8. The predicted octanol–water partition coefficient (Wildman–Crippen LogP) is 5.07. The molecular weight excluding hydrogens is 409 g/mol. The summed E-state index contributed by atoms with van der Waals surface area (Å²) >= 11 is 6.13. The Kier molecular flexibility index (Phi) is 4.85. The van der Waals surface area contributed by atoms with Crippen molar-refractivity contribution in [2.24, 2.45) is 17.8 Å². The molecule has 0 aliphatic heterocycles. The number of carbonyl (C=O) groups is 1. The van der Waals surface area contributed by atoms with Crippen LogP contribution in [0, 0.1) is 23.6 Å². The highest BCUT2D eigenvalue weighted by Crippen LogP contribution is 2.47. The number of halogens is 2. The van der Waals surface area contributed by atoms with Crippen molar-refractivity contribution in [1.29, 1.82) is 0 Å². The summed E-state index contributed by atoms with van der Waals surface area (Å²) in [5.41, 5.74) is 0.621. The second-order valence-corrected chi connectivity index (χ2v) is 8.38. The first kappa shape index (κ1) is 19.3. The normalized spacial score (nSPS) is 25.4. The highest BCUT2D eigenvalue weighted by atomic mass is 35.5. The Labute approximate surface area is 177 Å². The molecule has 3 aliphatic rings. The summed E-state index contributed by atoms with van der Waals surface area (Å²) < 4.78 is 26.3. The lowest BCUT2D eigenvalue weighted by atomic mass is 9.61. The Bertz CT molecular complexity index is 1080. The SMILES string of the molecule is COC(=O)C1C2CCC(CC2)C1Nc1nc(Cl)nc(-c2cc3ccccc3o2)c1F. The first-order valence-corrected chi connectivity index (χ1v) is 10.5. The maximum absolute atomic E-state index is 15.5. The fraction of sp³-hybridized carbons (Fsp3) is 0.409. The van der Waals surface area contributed by atoms with Gasteiger partial charge in [0.1, 0.15) is 11.3 Å². The van der Waals surface area contributed by atoms with Crippen molar-refractivity contribution in [2.75, 3.05) is 12.4 Å². The number of carbonyl (C=O) groups excluding carboxylic acids is 1. The van der Waals surface area contributed by atoms with E-state index in [4.69, 9.17) is 20.8 Å². The number of methoxy groups -OCH3 is 1. The number of benzene rings is 1. The summed E-state index contributed by atoms with van der Waals surface area (Å²) in [6.07, 6.45) is 3.96. The van der Waals surface area contributed by atoms with E-state index < -0.39 is 5.82 Å². The molecule has 0 amide bonds. The van der Waals surface area contributed by atoms with E-state index in [-0.39, 0.29) is 52.3 Å². The highest BCUT2D eigenvalue weighted by Gasteiger charge is 2.48. The number of furan rings is 1. The maximum Gasteiger partial charge on any atom is 0.311 e. The van der Waals surface area contributed by atoms with Crippen molar-refractivity contribution >= 4 is 34.4 Å². The summed E-state index contributed by atoms with van der Waals surface area (Å²) in [5, 5.41) is 3.92. The van der Waals surface area contributed by atoms with Crippen molar-refractivity contribution < 1.29 is 18.3 Å². The zero-order valence-corrected chi connectivity index (χ0v) is 17.2. The number of aromatic nitrogens is 2. The minimum atomic E-state index is -0.650. The molecule has 1 aromatic carbocycles. The summed E-state index contributed by atoms with van der Waals surface area (Å²) in [7, 11) is 1.39. The Morgan fingerprint density at radius 2 is 1.93 bits per heavy atom. The van der Waals surface area contributed by atoms with Gasteiger partial charge in [0.15, 0.2) is 17.4 Å². The molecule has 2 aromatic heterocycles. The summed E-state index contributed by atoms with van der Waals surface area (Å²) in [6, 6.07) is 8.87. The second kappa shape index (κ2) is 7.54. The van der Waals surface area contributed by atoms with Crippen LogP contribution in [0.15, 0.2) is 34.7 Å². The van der Waals surface area contributed by atoms with Gasteiger partial charge in [-0.1, -0.05) is 18.2 Å². The number of rotatable bonds is 4. The fourth-order valence-corrected chi connectivity index (χ4v) is 5.24. The molecule has 6 rings (SSSR count). The van der Waals surface area contributed by atoms with Crippen LogP contribution in [0.4, 0.5) is 10.2 Å². The number of hydrogen-bond donors (Lipinski definition) is 1. The van der Waals surface area contributed by atoms with Gasteiger partial charge in [-0.25, -0.2) is 9.37 Å². The summed E-state index contributed by atoms with van der Waals surface area (Å²) in [5.74, 6) is -0.501. The van der Waals surface area contributed by atoms with E-state index in [1.54, 1.807) is 12.1 Å². The van der Waals surface area contributed by atoms with Gasteiger partial charge in [0.25, 0.3) is 0 Å². The van der Waals surface area contributed by atoms with Gasteiger partial charge in [0, 0.05) is 11.4 Å². The maximum atomic E-state index is 15.5. The molecule has 2 heterocycles. The number of esters is 1. The van der Waals surface area contributed by atoms with E-state index in [9.17, 15) is 4.79 Å². The van der Waals surface area contributed by atoms with Crippen LogP contribution < -0.4 is 5.32 Å². The third-order valence-electron chi connectivity index (χ3n) is 6.48. The lowest BCUT2D eigenvalue weighted by Gasteiger charge is -2.47. The summed E-state index contributed by atoms with van der Waals surface area (Å²) in [4.78, 5) is 20.6. The van der Waals surface area contributed by atoms with Gasteiger partial charge in [0.2, 0.25) is 5.28 Å². The van der Waals surface area contributed by atoms with Crippen molar-refractivity contribution in [1.82, 2.24) is 9.97 Å². The van der Waals surface area contributed by atoms with Crippen LogP contribution in [-0.4, -0.2) is 29.1 Å². The number of nitrogens with one attached hydrogen (secondary N) is 1. The van der Waals surface area contributed by atoms with Gasteiger partial charge in [-0.05, 0) is 61.3 Å². The van der Waals surface area contributed by atoms with Crippen LogP contribution >= 0.6 is 11.6 Å². The summed E-state index contributed by atoms with van der Waals surface area (Å²) in [6.45, 7) is 0. The molecule has 8 heteroatoms. The molecule has 3 aliphatic carbocycles. The third kappa shape index (κ3) is 3.21. The molecule has 156 valence electrons. The Hall–Kier alpha value is -2.67. The predicted molar refractivity (Wildman–Crippen MR) is 111 cm³/mol. The fourth-order valence-electron chi connectivity index (χ4n) is 5.07. The van der Waals surface area contributed by atoms with Crippen LogP contribution in [-0.2, 0) is 9.53 Å². The first-order chi connectivity index (χ1) is 14.5. The number of nitrogens with zero attached hydrogens (tertiary/aromatic N) is 2. The Balaban J connectivity index is 1.52. The van der Waals surface area contributed by atoms with E-state index in [1.165, 1.54) is 7.11 Å². The average molecular weight is 430 g/mol. The van der Waals surface area contributed by atoms with E-state index >= 15 is 4.39 Å². The molecule has 1 N–H and O–H groups in total. The van der Waals surface area contributed by atoms with E-state index in [1.807, 2.05) is 18.2 Å². The molecular formula is C22H21ClFN3O3. The van der Waals surface area contributed by atoms with Crippen molar-refractivity contribution in [3.8, 4) is 11.5 Å². The smallest absolute Gasteiger partial charge is 0.311 e. The van der Waals surface area contributed by atoms with Gasteiger partial charge in [-0.15, -0.1) is 0 Å². The van der Waals surface area contributed by atoms with E-state index in [2.05, 4.69) is 15.3 Å². The van der Waals surface area contributed by atoms with Crippen LogP contribution in [0.5, 0.6) is 0 Å². The number of anilines is 1. The van der Waals surface area contributed by atoms with Gasteiger partial charge >= 0.3 is 5.97 Å². The first-order valence-electron chi connectivity index (χ1n) is 10.1. The van der Waals surface area contributed by atoms with Gasteiger partial charge in [-0.3, -0.25) is 4.79 Å².